The quantitative estimate of drug-likeness (QED) is 0.820. The lowest BCUT2D eigenvalue weighted by molar-refractivity contribution is 0.586. The summed E-state index contributed by atoms with van der Waals surface area (Å²) in [5, 5.41) is 0.961. The highest BCUT2D eigenvalue weighted by molar-refractivity contribution is 7.88. The molecule has 1 aromatic heterocycles. The van der Waals surface area contributed by atoms with Crippen LogP contribution in [0.4, 0.5) is 0 Å². The Morgan fingerprint density at radius 3 is 2.46 bits per heavy atom. The van der Waals surface area contributed by atoms with Crippen molar-refractivity contribution >= 4 is 21.4 Å². The third-order valence-corrected chi connectivity index (χ3v) is 3.10. The first-order valence-electron chi connectivity index (χ1n) is 3.76. The zero-order valence-electron chi connectivity index (χ0n) is 7.79. The van der Waals surface area contributed by atoms with E-state index >= 15 is 0 Å². The molecule has 13 heavy (non-hydrogen) atoms. The minimum absolute atomic E-state index is 0.287. The van der Waals surface area contributed by atoms with E-state index in [0.717, 1.165) is 21.8 Å². The van der Waals surface area contributed by atoms with Gasteiger partial charge >= 0.3 is 0 Å². The Morgan fingerprint density at radius 2 is 2.08 bits per heavy atom. The highest BCUT2D eigenvalue weighted by Crippen LogP contribution is 2.15. The smallest absolute Gasteiger partial charge is 0.209 e. The molecule has 0 atom stereocenters. The molecule has 0 bridgehead atoms. The van der Waals surface area contributed by atoms with E-state index in [9.17, 15) is 8.42 Å². The monoisotopic (exact) mass is 220 g/mol. The molecule has 1 N–H and O–H groups in total. The average molecular weight is 220 g/mol. The maximum absolute atomic E-state index is 10.8. The van der Waals surface area contributed by atoms with Gasteiger partial charge in [-0.25, -0.2) is 18.1 Å². The van der Waals surface area contributed by atoms with E-state index in [1.165, 1.54) is 0 Å². The SMILES string of the molecule is Cc1nc(CNS(C)(=O)=O)c(C)s1. The van der Waals surface area contributed by atoms with E-state index in [2.05, 4.69) is 9.71 Å². The molecule has 0 aliphatic rings. The summed E-state index contributed by atoms with van der Waals surface area (Å²) in [5.74, 6) is 0. The van der Waals surface area contributed by atoms with Crippen LogP contribution in [0.25, 0.3) is 0 Å². The van der Waals surface area contributed by atoms with E-state index < -0.39 is 10.0 Å². The fourth-order valence-electron chi connectivity index (χ4n) is 0.936. The molecule has 0 aromatic carbocycles. The number of rotatable bonds is 3. The summed E-state index contributed by atoms with van der Waals surface area (Å²) < 4.78 is 24.0. The summed E-state index contributed by atoms with van der Waals surface area (Å²) in [7, 11) is -3.12. The number of nitrogens with one attached hydrogen (secondary N) is 1. The van der Waals surface area contributed by atoms with Crippen molar-refractivity contribution in [3.05, 3.63) is 15.6 Å². The molecule has 1 aromatic rings. The average Bonchev–Trinajstić information content (AvgIpc) is 2.24. The van der Waals surface area contributed by atoms with E-state index in [1.807, 2.05) is 13.8 Å². The van der Waals surface area contributed by atoms with Gasteiger partial charge in [0, 0.05) is 4.88 Å². The van der Waals surface area contributed by atoms with Crippen molar-refractivity contribution in [3.63, 3.8) is 0 Å². The molecule has 0 saturated carbocycles. The Labute approximate surface area is 82.1 Å². The van der Waals surface area contributed by atoms with Gasteiger partial charge in [-0.15, -0.1) is 11.3 Å². The minimum atomic E-state index is -3.12. The first-order valence-corrected chi connectivity index (χ1v) is 6.47. The van der Waals surface area contributed by atoms with Gasteiger partial charge in [-0.1, -0.05) is 0 Å². The molecule has 74 valence electrons. The second kappa shape index (κ2) is 3.73. The lowest BCUT2D eigenvalue weighted by Crippen LogP contribution is -2.21. The summed E-state index contributed by atoms with van der Waals surface area (Å²) in [6, 6.07) is 0. The molecule has 0 spiro atoms. The van der Waals surface area contributed by atoms with E-state index in [0.29, 0.717) is 0 Å². The van der Waals surface area contributed by atoms with Crippen molar-refractivity contribution in [1.29, 1.82) is 0 Å². The highest BCUT2D eigenvalue weighted by Gasteiger charge is 2.07. The first kappa shape index (κ1) is 10.6. The molecule has 0 radical (unpaired) electrons. The predicted octanol–water partition coefficient (Wildman–Crippen LogP) is 0.809. The molecule has 0 aliphatic heterocycles. The maximum atomic E-state index is 10.8. The van der Waals surface area contributed by atoms with Crippen LogP contribution in [-0.4, -0.2) is 19.7 Å². The molecule has 4 nitrogen and oxygen atoms in total. The highest BCUT2D eigenvalue weighted by atomic mass is 32.2. The van der Waals surface area contributed by atoms with E-state index in [4.69, 9.17) is 0 Å². The van der Waals surface area contributed by atoms with Crippen molar-refractivity contribution in [1.82, 2.24) is 9.71 Å². The van der Waals surface area contributed by atoms with Gasteiger partial charge < -0.3 is 0 Å². The summed E-state index contributed by atoms with van der Waals surface area (Å²) in [6.07, 6.45) is 1.14. The van der Waals surface area contributed by atoms with Crippen molar-refractivity contribution < 1.29 is 8.42 Å². The number of sulfonamides is 1. The van der Waals surface area contributed by atoms with Crippen molar-refractivity contribution in [3.8, 4) is 0 Å². The molecule has 0 fully saturated rings. The van der Waals surface area contributed by atoms with Crippen LogP contribution in [0.1, 0.15) is 15.6 Å². The van der Waals surface area contributed by atoms with Crippen LogP contribution in [-0.2, 0) is 16.6 Å². The van der Waals surface area contributed by atoms with Crippen LogP contribution in [0.3, 0.4) is 0 Å². The number of aryl methyl sites for hydroxylation is 2. The van der Waals surface area contributed by atoms with Crippen molar-refractivity contribution in [2.45, 2.75) is 20.4 Å². The summed E-state index contributed by atoms with van der Waals surface area (Å²) in [6.45, 7) is 4.13. The Hall–Kier alpha value is -0.460. The number of nitrogens with zero attached hydrogens (tertiary/aromatic N) is 1. The molecule has 6 heteroatoms. The molecule has 1 heterocycles. The Balaban J connectivity index is 2.70. The van der Waals surface area contributed by atoms with Crippen LogP contribution in [0, 0.1) is 13.8 Å². The summed E-state index contributed by atoms with van der Waals surface area (Å²) in [5.41, 5.74) is 0.813. The fraction of sp³-hybridized carbons (Fsp3) is 0.571. The van der Waals surface area contributed by atoms with Crippen LogP contribution in [0.2, 0.25) is 0 Å². The fourth-order valence-corrected chi connectivity index (χ4v) is 2.17. The topological polar surface area (TPSA) is 59.1 Å². The lowest BCUT2D eigenvalue weighted by atomic mass is 10.4. The second-order valence-corrected chi connectivity index (χ2v) is 6.07. The second-order valence-electron chi connectivity index (χ2n) is 2.83. The third kappa shape index (κ3) is 3.41. The van der Waals surface area contributed by atoms with Gasteiger partial charge in [-0.3, -0.25) is 0 Å². The molecule has 0 saturated heterocycles. The Morgan fingerprint density at radius 1 is 1.46 bits per heavy atom. The molecular formula is C7H12N2O2S2. The van der Waals surface area contributed by atoms with Crippen LogP contribution < -0.4 is 4.72 Å². The van der Waals surface area contributed by atoms with Crippen molar-refractivity contribution in [2.75, 3.05) is 6.26 Å². The van der Waals surface area contributed by atoms with Gasteiger partial charge in [-0.05, 0) is 13.8 Å². The summed E-state index contributed by atoms with van der Waals surface area (Å²) >= 11 is 1.57. The van der Waals surface area contributed by atoms with Gasteiger partial charge in [0.05, 0.1) is 23.5 Å². The Kier molecular flexibility index (Phi) is 3.05. The first-order chi connectivity index (χ1) is 5.88. The predicted molar refractivity (Wildman–Crippen MR) is 53.3 cm³/mol. The molecule has 0 amide bonds. The van der Waals surface area contributed by atoms with Crippen LogP contribution in [0.15, 0.2) is 0 Å². The number of aromatic nitrogens is 1. The van der Waals surface area contributed by atoms with Crippen molar-refractivity contribution in [2.24, 2.45) is 0 Å². The summed E-state index contributed by atoms with van der Waals surface area (Å²) in [4.78, 5) is 5.27. The molecular weight excluding hydrogens is 208 g/mol. The van der Waals surface area contributed by atoms with Crippen LogP contribution >= 0.6 is 11.3 Å². The number of thiazole rings is 1. The normalized spacial score (nSPS) is 11.9. The standard InChI is InChI=1S/C7H12N2O2S2/c1-5-7(9-6(2)12-5)4-8-13(3,10)11/h8H,4H2,1-3H3. The van der Waals surface area contributed by atoms with Crippen LogP contribution in [0.5, 0.6) is 0 Å². The zero-order valence-corrected chi connectivity index (χ0v) is 9.42. The van der Waals surface area contributed by atoms with Gasteiger partial charge in [0.2, 0.25) is 10.0 Å². The number of hydrogen-bond acceptors (Lipinski definition) is 4. The van der Waals surface area contributed by atoms with E-state index in [-0.39, 0.29) is 6.54 Å². The lowest BCUT2D eigenvalue weighted by Gasteiger charge is -1.99. The van der Waals surface area contributed by atoms with Gasteiger partial charge in [0.25, 0.3) is 0 Å². The van der Waals surface area contributed by atoms with Gasteiger partial charge in [0.15, 0.2) is 0 Å². The molecule has 0 unspecified atom stereocenters. The number of hydrogen-bond donors (Lipinski definition) is 1. The molecule has 0 aliphatic carbocycles. The van der Waals surface area contributed by atoms with Gasteiger partial charge in [0.1, 0.15) is 0 Å². The largest absolute Gasteiger partial charge is 0.245 e. The minimum Gasteiger partial charge on any atom is -0.245 e. The van der Waals surface area contributed by atoms with E-state index in [1.54, 1.807) is 11.3 Å². The third-order valence-electron chi connectivity index (χ3n) is 1.50. The maximum Gasteiger partial charge on any atom is 0.209 e. The van der Waals surface area contributed by atoms with Gasteiger partial charge in [-0.2, -0.15) is 0 Å². The molecule has 1 rings (SSSR count). The zero-order chi connectivity index (χ0) is 10.1. The Bertz CT molecular complexity index is 395.